The van der Waals surface area contributed by atoms with Crippen LogP contribution in [0.3, 0.4) is 0 Å². The van der Waals surface area contributed by atoms with Crippen molar-refractivity contribution in [1.82, 2.24) is 5.32 Å². The van der Waals surface area contributed by atoms with E-state index in [9.17, 15) is 4.79 Å². The minimum atomic E-state index is -0.934. The van der Waals surface area contributed by atoms with E-state index < -0.39 is 5.97 Å². The Labute approximate surface area is 112 Å². The molecule has 0 bridgehead atoms. The summed E-state index contributed by atoms with van der Waals surface area (Å²) in [6, 6.07) is 5.66. The number of methoxy groups -OCH3 is 2. The third-order valence-corrected chi connectivity index (χ3v) is 2.58. The van der Waals surface area contributed by atoms with Gasteiger partial charge in [-0.15, -0.1) is 0 Å². The molecule has 104 valence electrons. The summed E-state index contributed by atoms with van der Waals surface area (Å²) < 4.78 is 10.5. The molecule has 19 heavy (non-hydrogen) atoms. The normalized spacial score (nSPS) is 10.6. The van der Waals surface area contributed by atoms with Crippen LogP contribution in [0.1, 0.15) is 5.56 Å². The first-order chi connectivity index (χ1) is 9.17. The van der Waals surface area contributed by atoms with Crippen molar-refractivity contribution in [3.05, 3.63) is 35.9 Å². The van der Waals surface area contributed by atoms with Crippen molar-refractivity contribution in [2.24, 2.45) is 0 Å². The van der Waals surface area contributed by atoms with Gasteiger partial charge in [0.15, 0.2) is 0 Å². The molecule has 0 aliphatic heterocycles. The van der Waals surface area contributed by atoms with Crippen molar-refractivity contribution in [3.63, 3.8) is 0 Å². The van der Waals surface area contributed by atoms with Gasteiger partial charge in [0.25, 0.3) is 0 Å². The van der Waals surface area contributed by atoms with E-state index in [1.165, 1.54) is 0 Å². The van der Waals surface area contributed by atoms with Crippen molar-refractivity contribution in [3.8, 4) is 11.5 Å². The van der Waals surface area contributed by atoms with Crippen LogP contribution in [-0.4, -0.2) is 38.4 Å². The van der Waals surface area contributed by atoms with Gasteiger partial charge in [0.05, 0.1) is 14.2 Å². The van der Waals surface area contributed by atoms with E-state index in [0.717, 1.165) is 36.1 Å². The number of hydrogen-bond donors (Lipinski definition) is 2. The van der Waals surface area contributed by atoms with Crippen LogP contribution in [0.15, 0.2) is 30.4 Å². The fraction of sp³-hybridized carbons (Fsp3) is 0.357. The van der Waals surface area contributed by atoms with Crippen LogP contribution in [0.5, 0.6) is 11.5 Å². The zero-order valence-electron chi connectivity index (χ0n) is 11.2. The molecule has 0 fully saturated rings. The lowest BCUT2D eigenvalue weighted by molar-refractivity contribution is -0.131. The summed E-state index contributed by atoms with van der Waals surface area (Å²) in [6.07, 6.45) is 3.48. The number of carboxylic acids is 1. The second kappa shape index (κ2) is 8.16. The molecular weight excluding hydrogens is 246 g/mol. The Kier molecular flexibility index (Phi) is 6.46. The molecular formula is C14H19NO4. The predicted molar refractivity (Wildman–Crippen MR) is 72.9 cm³/mol. The summed E-state index contributed by atoms with van der Waals surface area (Å²) in [7, 11) is 3.26. The SMILES string of the molecule is COc1ccc(OC)c(CCNC/C=C/C(=O)O)c1. The Morgan fingerprint density at radius 2 is 2.16 bits per heavy atom. The summed E-state index contributed by atoms with van der Waals surface area (Å²) in [5.74, 6) is 0.682. The van der Waals surface area contributed by atoms with Gasteiger partial charge in [-0.05, 0) is 36.7 Å². The first kappa shape index (κ1) is 15.0. The molecule has 1 aromatic rings. The number of benzene rings is 1. The molecule has 0 amide bonds. The summed E-state index contributed by atoms with van der Waals surface area (Å²) in [5, 5.41) is 11.6. The van der Waals surface area contributed by atoms with Gasteiger partial charge in [0, 0.05) is 12.6 Å². The number of rotatable bonds is 8. The lowest BCUT2D eigenvalue weighted by atomic mass is 10.1. The smallest absolute Gasteiger partial charge is 0.328 e. The molecule has 5 nitrogen and oxygen atoms in total. The Balaban J connectivity index is 2.45. The molecule has 0 aliphatic rings. The summed E-state index contributed by atoms with van der Waals surface area (Å²) in [6.45, 7) is 1.26. The lowest BCUT2D eigenvalue weighted by Crippen LogP contribution is -2.17. The van der Waals surface area contributed by atoms with E-state index in [1.807, 2.05) is 18.2 Å². The average molecular weight is 265 g/mol. The zero-order valence-corrected chi connectivity index (χ0v) is 11.2. The molecule has 0 aliphatic carbocycles. The molecule has 0 radical (unpaired) electrons. The molecule has 0 atom stereocenters. The molecule has 5 heteroatoms. The van der Waals surface area contributed by atoms with E-state index in [-0.39, 0.29) is 0 Å². The highest BCUT2D eigenvalue weighted by atomic mass is 16.5. The van der Waals surface area contributed by atoms with E-state index in [2.05, 4.69) is 5.32 Å². The third-order valence-electron chi connectivity index (χ3n) is 2.58. The maximum absolute atomic E-state index is 10.3. The summed E-state index contributed by atoms with van der Waals surface area (Å²) >= 11 is 0. The molecule has 0 spiro atoms. The fourth-order valence-corrected chi connectivity index (χ4v) is 1.65. The van der Waals surface area contributed by atoms with Crippen molar-refractivity contribution in [1.29, 1.82) is 0 Å². The Hall–Kier alpha value is -2.01. The largest absolute Gasteiger partial charge is 0.497 e. The molecule has 2 N–H and O–H groups in total. The van der Waals surface area contributed by atoms with Crippen LogP contribution < -0.4 is 14.8 Å². The molecule has 1 rings (SSSR count). The molecule has 0 unspecified atom stereocenters. The molecule has 0 saturated heterocycles. The second-order valence-corrected chi connectivity index (χ2v) is 3.87. The molecule has 0 heterocycles. The van der Waals surface area contributed by atoms with E-state index >= 15 is 0 Å². The fourth-order valence-electron chi connectivity index (χ4n) is 1.65. The standard InChI is InChI=1S/C14H19NO4/c1-18-12-5-6-13(19-2)11(10-12)7-9-15-8-3-4-14(16)17/h3-6,10,15H,7-9H2,1-2H3,(H,16,17)/b4-3+. The Bertz CT molecular complexity index is 443. The topological polar surface area (TPSA) is 67.8 Å². The van der Waals surface area contributed by atoms with Gasteiger partial charge in [0.2, 0.25) is 0 Å². The van der Waals surface area contributed by atoms with Crippen molar-refractivity contribution in [2.45, 2.75) is 6.42 Å². The lowest BCUT2D eigenvalue weighted by Gasteiger charge is -2.10. The monoisotopic (exact) mass is 265 g/mol. The van der Waals surface area contributed by atoms with Gasteiger partial charge in [-0.25, -0.2) is 4.79 Å². The van der Waals surface area contributed by atoms with Gasteiger partial charge in [-0.3, -0.25) is 0 Å². The maximum atomic E-state index is 10.3. The number of carbonyl (C=O) groups is 1. The molecule has 0 saturated carbocycles. The number of ether oxygens (including phenoxy) is 2. The summed E-state index contributed by atoms with van der Waals surface area (Å²) in [4.78, 5) is 10.3. The van der Waals surface area contributed by atoms with Crippen LogP contribution in [0.2, 0.25) is 0 Å². The van der Waals surface area contributed by atoms with Crippen LogP contribution in [0, 0.1) is 0 Å². The zero-order chi connectivity index (χ0) is 14.1. The maximum Gasteiger partial charge on any atom is 0.328 e. The highest BCUT2D eigenvalue weighted by Gasteiger charge is 2.04. The highest BCUT2D eigenvalue weighted by molar-refractivity contribution is 5.79. The number of hydrogen-bond acceptors (Lipinski definition) is 4. The van der Waals surface area contributed by atoms with E-state index in [4.69, 9.17) is 14.6 Å². The first-order valence-corrected chi connectivity index (χ1v) is 5.98. The van der Waals surface area contributed by atoms with Crippen molar-refractivity contribution >= 4 is 5.97 Å². The van der Waals surface area contributed by atoms with Gasteiger partial charge < -0.3 is 19.9 Å². The number of carboxylic acid groups (broad SMARTS) is 1. The van der Waals surface area contributed by atoms with Gasteiger partial charge in [-0.2, -0.15) is 0 Å². The first-order valence-electron chi connectivity index (χ1n) is 5.98. The van der Waals surface area contributed by atoms with Crippen LogP contribution >= 0.6 is 0 Å². The van der Waals surface area contributed by atoms with Gasteiger partial charge in [0.1, 0.15) is 11.5 Å². The van der Waals surface area contributed by atoms with E-state index in [1.54, 1.807) is 20.3 Å². The number of nitrogens with one attached hydrogen (secondary N) is 1. The highest BCUT2D eigenvalue weighted by Crippen LogP contribution is 2.23. The minimum absolute atomic E-state index is 0.526. The summed E-state index contributed by atoms with van der Waals surface area (Å²) in [5.41, 5.74) is 1.05. The van der Waals surface area contributed by atoms with Crippen LogP contribution in [-0.2, 0) is 11.2 Å². The second-order valence-electron chi connectivity index (χ2n) is 3.87. The number of aliphatic carboxylic acids is 1. The van der Waals surface area contributed by atoms with Crippen LogP contribution in [0.4, 0.5) is 0 Å². The third kappa shape index (κ3) is 5.44. The van der Waals surface area contributed by atoms with Crippen LogP contribution in [0.25, 0.3) is 0 Å². The Morgan fingerprint density at radius 1 is 1.37 bits per heavy atom. The van der Waals surface area contributed by atoms with Gasteiger partial charge in [-0.1, -0.05) is 6.08 Å². The minimum Gasteiger partial charge on any atom is -0.497 e. The Morgan fingerprint density at radius 3 is 2.79 bits per heavy atom. The quantitative estimate of drug-likeness (QED) is 0.550. The average Bonchev–Trinajstić information content (AvgIpc) is 2.42. The predicted octanol–water partition coefficient (Wildman–Crippen LogP) is 1.48. The van der Waals surface area contributed by atoms with Crippen molar-refractivity contribution in [2.75, 3.05) is 27.3 Å². The molecule has 0 aromatic heterocycles. The van der Waals surface area contributed by atoms with Crippen molar-refractivity contribution < 1.29 is 19.4 Å². The van der Waals surface area contributed by atoms with Gasteiger partial charge >= 0.3 is 5.97 Å². The van der Waals surface area contributed by atoms with E-state index in [0.29, 0.717) is 6.54 Å². The molecule has 1 aromatic carbocycles.